The van der Waals surface area contributed by atoms with Crippen LogP contribution in [0.25, 0.3) is 0 Å². The standard InChI is InChI=1S/C35H43FN2O6/c1-42-29-15-9-26(10-16-29)33(39)7-2-3-8-34(40)37-32(25-38-21-4-5-22-38)35(41)27-11-17-30(18-12-27)43-23-6-24-44-31-19-13-28(36)14-20-31/h9-20,32,35,41H,2-8,21-25H2,1H3,(H,37,40)/t32-,35-/m1/s1. The van der Waals surface area contributed by atoms with Crippen molar-refractivity contribution in [3.05, 3.63) is 89.7 Å². The van der Waals surface area contributed by atoms with Gasteiger partial charge in [0.25, 0.3) is 0 Å². The first kappa shape index (κ1) is 33.0. The Morgan fingerprint density at radius 3 is 2.00 bits per heavy atom. The molecule has 3 aromatic carbocycles. The fourth-order valence-corrected chi connectivity index (χ4v) is 5.20. The van der Waals surface area contributed by atoms with E-state index in [1.165, 1.54) is 12.1 Å². The minimum absolute atomic E-state index is 0.0427. The molecule has 1 amide bonds. The first-order valence-corrected chi connectivity index (χ1v) is 15.4. The number of nitrogens with zero attached hydrogens (tertiary/aromatic N) is 1. The first-order valence-electron chi connectivity index (χ1n) is 15.4. The zero-order chi connectivity index (χ0) is 31.1. The Kier molecular flexibility index (Phi) is 13.0. The lowest BCUT2D eigenvalue weighted by atomic mass is 10.0. The van der Waals surface area contributed by atoms with E-state index < -0.39 is 12.1 Å². The molecule has 0 unspecified atom stereocenters. The molecule has 2 N–H and O–H groups in total. The zero-order valence-corrected chi connectivity index (χ0v) is 25.4. The van der Waals surface area contributed by atoms with Gasteiger partial charge in [0.2, 0.25) is 5.91 Å². The molecule has 2 atom stereocenters. The summed E-state index contributed by atoms with van der Waals surface area (Å²) in [6.45, 7) is 3.35. The maximum absolute atomic E-state index is 13.0. The molecule has 0 spiro atoms. The van der Waals surface area contributed by atoms with E-state index in [1.54, 1.807) is 43.5 Å². The van der Waals surface area contributed by atoms with E-state index in [2.05, 4.69) is 10.2 Å². The largest absolute Gasteiger partial charge is 0.497 e. The number of ether oxygens (including phenoxy) is 3. The number of unbranched alkanes of at least 4 members (excludes halogenated alkanes) is 1. The summed E-state index contributed by atoms with van der Waals surface area (Å²) in [5, 5.41) is 14.3. The second-order valence-electron chi connectivity index (χ2n) is 11.1. The van der Waals surface area contributed by atoms with Crippen LogP contribution in [0.3, 0.4) is 0 Å². The molecule has 1 heterocycles. The predicted molar refractivity (Wildman–Crippen MR) is 167 cm³/mol. The Labute approximate surface area is 259 Å². The fourth-order valence-electron chi connectivity index (χ4n) is 5.20. The van der Waals surface area contributed by atoms with Gasteiger partial charge in [-0.1, -0.05) is 12.1 Å². The number of hydrogen-bond donors (Lipinski definition) is 2. The summed E-state index contributed by atoms with van der Waals surface area (Å²) in [4.78, 5) is 27.6. The highest BCUT2D eigenvalue weighted by molar-refractivity contribution is 5.96. The third kappa shape index (κ3) is 10.6. The van der Waals surface area contributed by atoms with Crippen LogP contribution in [0.1, 0.15) is 67.0 Å². The number of carbonyl (C=O) groups is 2. The SMILES string of the molecule is COc1ccc(C(=O)CCCCC(=O)N[C@H](CN2CCCC2)[C@H](O)c2ccc(OCCCOc3ccc(F)cc3)cc2)cc1. The molecule has 4 rings (SSSR count). The number of rotatable bonds is 18. The second kappa shape index (κ2) is 17.4. The number of likely N-dealkylation sites (tertiary alicyclic amines) is 1. The lowest BCUT2D eigenvalue weighted by Crippen LogP contribution is -2.46. The summed E-state index contributed by atoms with van der Waals surface area (Å²) in [6.07, 6.45) is 3.85. The number of Topliss-reactive ketones (excluding diaryl/α,β-unsaturated/α-hetero) is 1. The number of ketones is 1. The van der Waals surface area contributed by atoms with Gasteiger partial charge in [-0.25, -0.2) is 4.39 Å². The normalized spacial score (nSPS) is 14.5. The highest BCUT2D eigenvalue weighted by Crippen LogP contribution is 2.23. The lowest BCUT2D eigenvalue weighted by Gasteiger charge is -2.29. The van der Waals surface area contributed by atoms with Gasteiger partial charge in [0.15, 0.2) is 5.78 Å². The van der Waals surface area contributed by atoms with E-state index in [1.807, 2.05) is 24.3 Å². The van der Waals surface area contributed by atoms with Crippen molar-refractivity contribution in [2.45, 2.75) is 57.1 Å². The summed E-state index contributed by atoms with van der Waals surface area (Å²) in [7, 11) is 1.59. The van der Waals surface area contributed by atoms with Gasteiger partial charge >= 0.3 is 0 Å². The molecule has 236 valence electrons. The fraction of sp³-hybridized carbons (Fsp3) is 0.429. The molecule has 0 bridgehead atoms. The molecule has 0 aromatic heterocycles. The number of aliphatic hydroxyl groups excluding tert-OH is 1. The molecule has 0 saturated carbocycles. The van der Waals surface area contributed by atoms with Crippen molar-refractivity contribution >= 4 is 11.7 Å². The number of aliphatic hydroxyl groups is 1. The Hall–Kier alpha value is -3.95. The maximum atomic E-state index is 13.0. The molecule has 8 nitrogen and oxygen atoms in total. The molecule has 9 heteroatoms. The minimum Gasteiger partial charge on any atom is -0.497 e. The van der Waals surface area contributed by atoms with Gasteiger partial charge in [0.05, 0.1) is 26.4 Å². The van der Waals surface area contributed by atoms with Crippen molar-refractivity contribution in [2.24, 2.45) is 0 Å². The van der Waals surface area contributed by atoms with Crippen LogP contribution >= 0.6 is 0 Å². The monoisotopic (exact) mass is 606 g/mol. The summed E-state index contributed by atoms with van der Waals surface area (Å²) in [6, 6.07) is 19.8. The van der Waals surface area contributed by atoms with Crippen molar-refractivity contribution in [1.29, 1.82) is 0 Å². The molecule has 1 fully saturated rings. The number of halogens is 1. The third-order valence-electron chi connectivity index (χ3n) is 7.71. The van der Waals surface area contributed by atoms with Crippen molar-refractivity contribution in [3.63, 3.8) is 0 Å². The molecule has 3 aromatic rings. The summed E-state index contributed by atoms with van der Waals surface area (Å²) in [5.41, 5.74) is 1.34. The smallest absolute Gasteiger partial charge is 0.220 e. The summed E-state index contributed by atoms with van der Waals surface area (Å²) >= 11 is 0. The average molecular weight is 607 g/mol. The predicted octanol–water partition coefficient (Wildman–Crippen LogP) is 5.74. The maximum Gasteiger partial charge on any atom is 0.220 e. The van der Waals surface area contributed by atoms with Crippen LogP contribution in [0.15, 0.2) is 72.8 Å². The Bertz CT molecular complexity index is 1290. The van der Waals surface area contributed by atoms with Crippen LogP contribution in [-0.2, 0) is 4.79 Å². The van der Waals surface area contributed by atoms with E-state index in [0.717, 1.165) is 25.9 Å². The number of hydrogen-bond acceptors (Lipinski definition) is 7. The first-order chi connectivity index (χ1) is 21.4. The van der Waals surface area contributed by atoms with Crippen LogP contribution in [0.5, 0.6) is 17.2 Å². The van der Waals surface area contributed by atoms with Gasteiger partial charge in [-0.3, -0.25) is 9.59 Å². The van der Waals surface area contributed by atoms with Crippen molar-refractivity contribution in [3.8, 4) is 17.2 Å². The average Bonchev–Trinajstić information content (AvgIpc) is 3.56. The summed E-state index contributed by atoms with van der Waals surface area (Å²) in [5.74, 6) is 1.60. The van der Waals surface area contributed by atoms with E-state index in [4.69, 9.17) is 14.2 Å². The van der Waals surface area contributed by atoms with E-state index in [0.29, 0.717) is 73.8 Å². The molecule has 0 radical (unpaired) electrons. The van der Waals surface area contributed by atoms with Crippen LogP contribution in [0.2, 0.25) is 0 Å². The lowest BCUT2D eigenvalue weighted by molar-refractivity contribution is -0.123. The van der Waals surface area contributed by atoms with Crippen molar-refractivity contribution < 1.29 is 33.3 Å². The Morgan fingerprint density at radius 2 is 1.39 bits per heavy atom. The quantitative estimate of drug-likeness (QED) is 0.141. The van der Waals surface area contributed by atoms with Crippen molar-refractivity contribution in [2.75, 3.05) is 40.0 Å². The van der Waals surface area contributed by atoms with E-state index >= 15 is 0 Å². The van der Waals surface area contributed by atoms with Gasteiger partial charge < -0.3 is 29.5 Å². The molecule has 1 saturated heterocycles. The van der Waals surface area contributed by atoms with E-state index in [-0.39, 0.29) is 23.9 Å². The van der Waals surface area contributed by atoms with Crippen LogP contribution in [0, 0.1) is 5.82 Å². The molecule has 0 aliphatic carbocycles. The van der Waals surface area contributed by atoms with Gasteiger partial charge in [-0.05, 0) is 105 Å². The summed E-state index contributed by atoms with van der Waals surface area (Å²) < 4.78 is 29.5. The molecule has 1 aliphatic heterocycles. The Morgan fingerprint density at radius 1 is 0.818 bits per heavy atom. The minimum atomic E-state index is -0.880. The Balaban J connectivity index is 1.21. The number of benzene rings is 3. The molecule has 44 heavy (non-hydrogen) atoms. The highest BCUT2D eigenvalue weighted by atomic mass is 19.1. The highest BCUT2D eigenvalue weighted by Gasteiger charge is 2.26. The second-order valence-corrected chi connectivity index (χ2v) is 11.1. The van der Waals surface area contributed by atoms with Gasteiger partial charge in [0.1, 0.15) is 29.2 Å². The van der Waals surface area contributed by atoms with Crippen LogP contribution in [-0.4, -0.2) is 67.7 Å². The number of nitrogens with one attached hydrogen (secondary N) is 1. The topological polar surface area (TPSA) is 97.3 Å². The molecule has 1 aliphatic rings. The van der Waals surface area contributed by atoms with E-state index in [9.17, 15) is 19.1 Å². The third-order valence-corrected chi connectivity index (χ3v) is 7.71. The van der Waals surface area contributed by atoms with Gasteiger partial charge in [-0.15, -0.1) is 0 Å². The number of carbonyl (C=O) groups excluding carboxylic acids is 2. The van der Waals surface area contributed by atoms with Crippen LogP contribution in [0.4, 0.5) is 4.39 Å². The van der Waals surface area contributed by atoms with Gasteiger partial charge in [0, 0.05) is 31.4 Å². The number of methoxy groups -OCH3 is 1. The number of amides is 1. The van der Waals surface area contributed by atoms with Crippen molar-refractivity contribution in [1.82, 2.24) is 10.2 Å². The zero-order valence-electron chi connectivity index (χ0n) is 25.4. The molecular formula is C35H43FN2O6. The van der Waals surface area contributed by atoms with Gasteiger partial charge in [-0.2, -0.15) is 0 Å². The molecular weight excluding hydrogens is 563 g/mol. The van der Waals surface area contributed by atoms with Crippen LogP contribution < -0.4 is 19.5 Å².